The van der Waals surface area contributed by atoms with Gasteiger partial charge in [-0.15, -0.1) is 0 Å². The van der Waals surface area contributed by atoms with Crippen molar-refractivity contribution in [1.82, 2.24) is 5.32 Å². The molecule has 0 aromatic heterocycles. The first kappa shape index (κ1) is 35.8. The van der Waals surface area contributed by atoms with Crippen LogP contribution in [-0.2, 0) is 53.6 Å². The Labute approximate surface area is 279 Å². The molecule has 0 bridgehead atoms. The van der Waals surface area contributed by atoms with Crippen LogP contribution in [-0.4, -0.2) is 33.0 Å². The molecule has 10 heteroatoms. The number of benzene rings is 4. The normalized spacial score (nSPS) is 14.0. The number of hydrogen-bond acceptors (Lipinski definition) is 7. The molecule has 4 rings (SSSR count). The van der Waals surface area contributed by atoms with E-state index >= 15 is 0 Å². The van der Waals surface area contributed by atoms with Crippen LogP contribution in [0.3, 0.4) is 0 Å². The van der Waals surface area contributed by atoms with Gasteiger partial charge in [-0.2, -0.15) is 0 Å². The van der Waals surface area contributed by atoms with Crippen LogP contribution >= 0.6 is 7.37 Å². The summed E-state index contributed by atoms with van der Waals surface area (Å²) < 4.78 is 38.0. The van der Waals surface area contributed by atoms with E-state index in [0.29, 0.717) is 0 Å². The van der Waals surface area contributed by atoms with E-state index in [-0.39, 0.29) is 32.4 Å². The SMILES string of the molecule is CCOP(=O)(Cc1ccc(C[C@H](NC(=O)OCc2ccccc2)C(=O)OCc2ccccc2)cc1)C(O[Si](C)(C)C)c1ccccc1. The Morgan fingerprint density at radius 3 is 1.74 bits per heavy atom. The molecular weight excluding hydrogens is 629 g/mol. The Hall–Kier alpha value is -4.01. The second-order valence-corrected chi connectivity index (χ2v) is 19.1. The fourth-order valence-electron chi connectivity index (χ4n) is 4.94. The van der Waals surface area contributed by atoms with Gasteiger partial charge in [0.15, 0.2) is 8.32 Å². The molecule has 0 heterocycles. The summed E-state index contributed by atoms with van der Waals surface area (Å²) in [4.78, 5) is 26.0. The Kier molecular flexibility index (Phi) is 13.1. The number of amides is 1. The summed E-state index contributed by atoms with van der Waals surface area (Å²) in [5, 5.41) is 2.68. The summed E-state index contributed by atoms with van der Waals surface area (Å²) >= 11 is 0. The van der Waals surface area contributed by atoms with Gasteiger partial charge in [0.2, 0.25) is 7.37 Å². The van der Waals surface area contributed by atoms with Crippen LogP contribution in [0.1, 0.15) is 40.6 Å². The third-order valence-electron chi connectivity index (χ3n) is 7.13. The molecular formula is C37H44NO7PSi. The van der Waals surface area contributed by atoms with E-state index in [9.17, 15) is 14.2 Å². The third kappa shape index (κ3) is 11.6. The zero-order chi connectivity index (χ0) is 33.7. The van der Waals surface area contributed by atoms with Gasteiger partial charge in [0, 0.05) is 6.42 Å². The van der Waals surface area contributed by atoms with Gasteiger partial charge in [-0.1, -0.05) is 115 Å². The van der Waals surface area contributed by atoms with Crippen molar-refractivity contribution in [1.29, 1.82) is 0 Å². The molecule has 0 spiro atoms. The van der Waals surface area contributed by atoms with Gasteiger partial charge in [0.25, 0.3) is 0 Å². The Morgan fingerprint density at radius 2 is 1.21 bits per heavy atom. The van der Waals surface area contributed by atoms with Crippen molar-refractivity contribution in [2.24, 2.45) is 0 Å². The van der Waals surface area contributed by atoms with Crippen molar-refractivity contribution in [3.8, 4) is 0 Å². The van der Waals surface area contributed by atoms with Crippen LogP contribution in [0.5, 0.6) is 0 Å². The van der Waals surface area contributed by atoms with E-state index in [4.69, 9.17) is 18.4 Å². The Bertz CT molecular complexity index is 1600. The highest BCUT2D eigenvalue weighted by atomic mass is 31.2. The predicted molar refractivity (Wildman–Crippen MR) is 186 cm³/mol. The molecule has 1 amide bonds. The van der Waals surface area contributed by atoms with Gasteiger partial charge in [0.1, 0.15) is 25.1 Å². The van der Waals surface area contributed by atoms with Crippen LogP contribution < -0.4 is 5.32 Å². The summed E-state index contributed by atoms with van der Waals surface area (Å²) in [7, 11) is -5.46. The number of carbonyl (C=O) groups is 2. The van der Waals surface area contributed by atoms with Gasteiger partial charge in [-0.05, 0) is 54.4 Å². The number of ether oxygens (including phenoxy) is 2. The summed E-state index contributed by atoms with van der Waals surface area (Å²) in [5.41, 5.74) is 4.08. The first-order valence-electron chi connectivity index (χ1n) is 15.8. The van der Waals surface area contributed by atoms with E-state index in [1.54, 1.807) is 0 Å². The maximum absolute atomic E-state index is 14.5. The van der Waals surface area contributed by atoms with Crippen LogP contribution in [0.25, 0.3) is 0 Å². The van der Waals surface area contributed by atoms with Crippen LogP contribution in [0.4, 0.5) is 4.79 Å². The van der Waals surface area contributed by atoms with Crippen LogP contribution in [0.2, 0.25) is 19.6 Å². The lowest BCUT2D eigenvalue weighted by molar-refractivity contribution is -0.147. The molecule has 248 valence electrons. The van der Waals surface area contributed by atoms with Crippen molar-refractivity contribution >= 4 is 27.7 Å². The molecule has 1 N–H and O–H groups in total. The molecule has 0 radical (unpaired) electrons. The highest BCUT2D eigenvalue weighted by molar-refractivity contribution is 7.58. The molecule has 4 aromatic carbocycles. The summed E-state index contributed by atoms with van der Waals surface area (Å²) in [6.07, 6.45) is -0.375. The van der Waals surface area contributed by atoms with E-state index in [2.05, 4.69) is 25.0 Å². The molecule has 0 saturated carbocycles. The summed E-state index contributed by atoms with van der Waals surface area (Å²) in [5.74, 6) is -1.27. The lowest BCUT2D eigenvalue weighted by Crippen LogP contribution is -2.43. The lowest BCUT2D eigenvalue weighted by Gasteiger charge is -2.33. The molecule has 8 nitrogen and oxygen atoms in total. The van der Waals surface area contributed by atoms with Crippen molar-refractivity contribution in [3.05, 3.63) is 143 Å². The molecule has 0 aliphatic carbocycles. The minimum absolute atomic E-state index is 0.0679. The predicted octanol–water partition coefficient (Wildman–Crippen LogP) is 8.63. The molecule has 0 fully saturated rings. The van der Waals surface area contributed by atoms with Crippen LogP contribution in [0.15, 0.2) is 115 Å². The minimum atomic E-state index is -3.35. The molecule has 0 saturated heterocycles. The van der Waals surface area contributed by atoms with Gasteiger partial charge in [-0.3, -0.25) is 4.57 Å². The number of hydrogen-bond donors (Lipinski definition) is 1. The van der Waals surface area contributed by atoms with Crippen molar-refractivity contribution in [2.75, 3.05) is 6.61 Å². The largest absolute Gasteiger partial charge is 0.459 e. The van der Waals surface area contributed by atoms with Gasteiger partial charge >= 0.3 is 12.1 Å². The fraction of sp³-hybridized carbons (Fsp3) is 0.297. The number of alkyl carbamates (subject to hydrolysis) is 1. The number of rotatable bonds is 16. The van der Waals surface area contributed by atoms with E-state index in [0.717, 1.165) is 27.8 Å². The highest BCUT2D eigenvalue weighted by Crippen LogP contribution is 2.63. The third-order valence-corrected chi connectivity index (χ3v) is 10.9. The maximum atomic E-state index is 14.5. The quantitative estimate of drug-likeness (QED) is 0.0722. The fourth-order valence-corrected chi connectivity index (χ4v) is 9.52. The first-order valence-corrected chi connectivity index (χ1v) is 21.0. The number of carbonyl (C=O) groups excluding carboxylic acids is 2. The molecule has 3 atom stereocenters. The van der Waals surface area contributed by atoms with E-state index in [1.807, 2.05) is 122 Å². The van der Waals surface area contributed by atoms with Crippen LogP contribution in [0, 0.1) is 0 Å². The minimum Gasteiger partial charge on any atom is -0.459 e. The Balaban J connectivity index is 1.49. The van der Waals surface area contributed by atoms with Crippen molar-refractivity contribution in [2.45, 2.75) is 64.2 Å². The van der Waals surface area contributed by atoms with Crippen molar-refractivity contribution < 1.29 is 32.6 Å². The summed E-state index contributed by atoms with van der Waals surface area (Å²) in [6, 6.07) is 34.7. The Morgan fingerprint density at radius 1 is 0.702 bits per heavy atom. The topological polar surface area (TPSA) is 100 Å². The zero-order valence-electron chi connectivity index (χ0n) is 27.5. The van der Waals surface area contributed by atoms with E-state index in [1.165, 1.54) is 0 Å². The molecule has 2 unspecified atom stereocenters. The number of esters is 1. The molecule has 0 aliphatic rings. The van der Waals surface area contributed by atoms with Gasteiger partial charge in [-0.25, -0.2) is 9.59 Å². The second kappa shape index (κ2) is 17.2. The highest BCUT2D eigenvalue weighted by Gasteiger charge is 2.39. The van der Waals surface area contributed by atoms with Gasteiger partial charge < -0.3 is 23.7 Å². The average Bonchev–Trinajstić information content (AvgIpc) is 3.07. The smallest absolute Gasteiger partial charge is 0.408 e. The molecule has 47 heavy (non-hydrogen) atoms. The second-order valence-electron chi connectivity index (χ2n) is 12.2. The monoisotopic (exact) mass is 673 g/mol. The molecule has 4 aromatic rings. The zero-order valence-corrected chi connectivity index (χ0v) is 29.4. The summed E-state index contributed by atoms with van der Waals surface area (Å²) in [6.45, 7) is 8.47. The standard InChI is InChI=1S/C37H44NO7PSi/c1-5-44-46(41,36(45-47(2,3)4)33-19-13-8-14-20-33)28-32-23-21-29(22-24-32)25-34(35(39)42-26-30-15-9-6-10-16-30)38-37(40)43-27-31-17-11-7-12-18-31/h6-24,34,36H,5,25-28H2,1-4H3,(H,38,40)/t34-,36?,46?/m0/s1. The first-order chi connectivity index (χ1) is 22.5. The lowest BCUT2D eigenvalue weighted by atomic mass is 10.0. The van der Waals surface area contributed by atoms with Crippen molar-refractivity contribution in [3.63, 3.8) is 0 Å². The average molecular weight is 674 g/mol. The number of nitrogens with one attached hydrogen (secondary N) is 1. The maximum Gasteiger partial charge on any atom is 0.408 e. The molecule has 0 aliphatic heterocycles. The van der Waals surface area contributed by atoms with Gasteiger partial charge in [0.05, 0.1) is 12.8 Å². The van der Waals surface area contributed by atoms with E-state index < -0.39 is 39.6 Å².